The van der Waals surface area contributed by atoms with Gasteiger partial charge in [0.15, 0.2) is 6.61 Å². The number of rotatable bonds is 4. The van der Waals surface area contributed by atoms with Gasteiger partial charge in [-0.1, -0.05) is 0 Å². The van der Waals surface area contributed by atoms with Crippen molar-refractivity contribution in [1.82, 2.24) is 0 Å². The van der Waals surface area contributed by atoms with Gasteiger partial charge in [-0.3, -0.25) is 5.32 Å². The molecule has 0 heterocycles. The fraction of sp³-hybridized carbons (Fsp3) is 0.462. The molecular weight excluding hydrogens is 275 g/mol. The van der Waals surface area contributed by atoms with Crippen LogP contribution in [0.15, 0.2) is 18.2 Å². The molecule has 1 amide bonds. The summed E-state index contributed by atoms with van der Waals surface area (Å²) in [7, 11) is 0. The summed E-state index contributed by atoms with van der Waals surface area (Å²) in [5, 5.41) is 2.25. The largest absolute Gasteiger partial charge is 0.491 e. The highest BCUT2D eigenvalue weighted by Crippen LogP contribution is 2.22. The standard InChI is InChI=1S/C13H16F3NO3/c1-8(2)20-10-4-5-11(9(3)6-10)17-12(18)19-7-13(14,15)16/h4-6,8H,7H2,1-3H3,(H,17,18). The highest BCUT2D eigenvalue weighted by Gasteiger charge is 2.29. The second-order valence-corrected chi connectivity index (χ2v) is 4.46. The zero-order valence-corrected chi connectivity index (χ0v) is 11.4. The molecule has 7 heteroatoms. The van der Waals surface area contributed by atoms with Gasteiger partial charge in [0, 0.05) is 5.69 Å². The van der Waals surface area contributed by atoms with Crippen molar-refractivity contribution >= 4 is 11.8 Å². The minimum absolute atomic E-state index is 0.00459. The molecule has 0 aliphatic carbocycles. The second-order valence-electron chi connectivity index (χ2n) is 4.46. The van der Waals surface area contributed by atoms with Crippen molar-refractivity contribution in [3.63, 3.8) is 0 Å². The predicted molar refractivity (Wildman–Crippen MR) is 68.0 cm³/mol. The van der Waals surface area contributed by atoms with Crippen LogP contribution in [0.4, 0.5) is 23.7 Å². The van der Waals surface area contributed by atoms with Crippen LogP contribution in [0.25, 0.3) is 0 Å². The number of hydrogen-bond donors (Lipinski definition) is 1. The molecule has 0 fully saturated rings. The zero-order chi connectivity index (χ0) is 15.3. The quantitative estimate of drug-likeness (QED) is 0.915. The first-order valence-corrected chi connectivity index (χ1v) is 5.95. The van der Waals surface area contributed by atoms with Gasteiger partial charge in [0.25, 0.3) is 0 Å². The van der Waals surface area contributed by atoms with E-state index in [-0.39, 0.29) is 6.10 Å². The van der Waals surface area contributed by atoms with Crippen molar-refractivity contribution in [3.8, 4) is 5.75 Å². The van der Waals surface area contributed by atoms with Crippen molar-refractivity contribution in [2.45, 2.75) is 33.1 Å². The van der Waals surface area contributed by atoms with Crippen LogP contribution in [0.3, 0.4) is 0 Å². The highest BCUT2D eigenvalue weighted by atomic mass is 19.4. The van der Waals surface area contributed by atoms with Crippen LogP contribution in [0.5, 0.6) is 5.75 Å². The van der Waals surface area contributed by atoms with E-state index in [1.165, 1.54) is 0 Å². The van der Waals surface area contributed by atoms with Crippen LogP contribution in [0.1, 0.15) is 19.4 Å². The highest BCUT2D eigenvalue weighted by molar-refractivity contribution is 5.85. The molecule has 1 aromatic carbocycles. The van der Waals surface area contributed by atoms with Crippen molar-refractivity contribution in [2.24, 2.45) is 0 Å². The maximum Gasteiger partial charge on any atom is 0.422 e. The summed E-state index contributed by atoms with van der Waals surface area (Å²) in [5.74, 6) is 0.617. The Bertz CT molecular complexity index is 472. The summed E-state index contributed by atoms with van der Waals surface area (Å²) in [6.07, 6.45) is -5.69. The molecule has 0 atom stereocenters. The molecule has 1 N–H and O–H groups in total. The first kappa shape index (κ1) is 16.1. The Morgan fingerprint density at radius 1 is 1.35 bits per heavy atom. The summed E-state index contributed by atoms with van der Waals surface area (Å²) in [5.41, 5.74) is 1.03. The molecule has 20 heavy (non-hydrogen) atoms. The molecule has 0 spiro atoms. The third-order valence-electron chi connectivity index (χ3n) is 2.17. The fourth-order valence-electron chi connectivity index (χ4n) is 1.42. The van der Waals surface area contributed by atoms with E-state index < -0.39 is 18.9 Å². The number of hydrogen-bond acceptors (Lipinski definition) is 3. The summed E-state index contributed by atoms with van der Waals surface area (Å²) in [6, 6.07) is 4.84. The normalized spacial score (nSPS) is 11.3. The maximum absolute atomic E-state index is 11.9. The third-order valence-corrected chi connectivity index (χ3v) is 2.17. The first-order chi connectivity index (χ1) is 9.17. The van der Waals surface area contributed by atoms with Gasteiger partial charge in [0.2, 0.25) is 0 Å². The molecule has 0 unspecified atom stereocenters. The molecule has 0 aliphatic heterocycles. The number of anilines is 1. The van der Waals surface area contributed by atoms with E-state index >= 15 is 0 Å². The molecular formula is C13H16F3NO3. The Morgan fingerprint density at radius 3 is 2.50 bits per heavy atom. The van der Waals surface area contributed by atoms with Crippen LogP contribution >= 0.6 is 0 Å². The van der Waals surface area contributed by atoms with Gasteiger partial charge in [-0.15, -0.1) is 0 Å². The Morgan fingerprint density at radius 2 is 2.00 bits per heavy atom. The van der Waals surface area contributed by atoms with E-state index in [1.807, 2.05) is 13.8 Å². The minimum Gasteiger partial charge on any atom is -0.491 e. The summed E-state index contributed by atoms with van der Waals surface area (Å²) < 4.78 is 45.2. The SMILES string of the molecule is Cc1cc(OC(C)C)ccc1NC(=O)OCC(F)(F)F. The van der Waals surface area contributed by atoms with Gasteiger partial charge in [-0.2, -0.15) is 13.2 Å². The summed E-state index contributed by atoms with van der Waals surface area (Å²) >= 11 is 0. The molecule has 0 bridgehead atoms. The lowest BCUT2D eigenvalue weighted by atomic mass is 10.2. The number of nitrogens with one attached hydrogen (secondary N) is 1. The average Bonchev–Trinajstić information content (AvgIpc) is 2.28. The molecule has 4 nitrogen and oxygen atoms in total. The molecule has 1 aromatic rings. The van der Waals surface area contributed by atoms with Gasteiger partial charge in [0.05, 0.1) is 6.10 Å². The molecule has 0 saturated heterocycles. The number of halogens is 3. The van der Waals surface area contributed by atoms with Crippen LogP contribution in [0.2, 0.25) is 0 Å². The van der Waals surface area contributed by atoms with Gasteiger partial charge in [0.1, 0.15) is 5.75 Å². The molecule has 0 radical (unpaired) electrons. The van der Waals surface area contributed by atoms with Crippen molar-refractivity contribution in [2.75, 3.05) is 11.9 Å². The van der Waals surface area contributed by atoms with Crippen molar-refractivity contribution in [1.29, 1.82) is 0 Å². The van der Waals surface area contributed by atoms with Crippen LogP contribution in [-0.2, 0) is 4.74 Å². The van der Waals surface area contributed by atoms with Gasteiger partial charge in [-0.25, -0.2) is 4.79 Å². The second kappa shape index (κ2) is 6.49. The first-order valence-electron chi connectivity index (χ1n) is 5.95. The summed E-state index contributed by atoms with van der Waals surface area (Å²) in [4.78, 5) is 11.2. The summed E-state index contributed by atoms with van der Waals surface area (Å²) in [6.45, 7) is 3.82. The fourth-order valence-corrected chi connectivity index (χ4v) is 1.42. The lowest BCUT2D eigenvalue weighted by molar-refractivity contribution is -0.159. The van der Waals surface area contributed by atoms with Crippen LogP contribution < -0.4 is 10.1 Å². The number of benzene rings is 1. The lowest BCUT2D eigenvalue weighted by Crippen LogP contribution is -2.23. The monoisotopic (exact) mass is 291 g/mol. The Kier molecular flexibility index (Phi) is 5.24. The van der Waals surface area contributed by atoms with E-state index in [9.17, 15) is 18.0 Å². The average molecular weight is 291 g/mol. The predicted octanol–water partition coefficient (Wildman–Crippen LogP) is 3.89. The number of carbonyl (C=O) groups excluding carboxylic acids is 1. The van der Waals surface area contributed by atoms with E-state index in [0.717, 1.165) is 0 Å². The van der Waals surface area contributed by atoms with Gasteiger partial charge in [-0.05, 0) is 44.5 Å². The number of aryl methyl sites for hydroxylation is 1. The van der Waals surface area contributed by atoms with E-state index in [1.54, 1.807) is 25.1 Å². The van der Waals surface area contributed by atoms with Crippen LogP contribution in [0, 0.1) is 6.92 Å². The molecule has 0 aliphatic rings. The Hall–Kier alpha value is -1.92. The van der Waals surface area contributed by atoms with Crippen molar-refractivity contribution in [3.05, 3.63) is 23.8 Å². The Labute approximate surface area is 114 Å². The van der Waals surface area contributed by atoms with E-state index in [4.69, 9.17) is 4.74 Å². The maximum atomic E-state index is 11.9. The Balaban J connectivity index is 2.62. The third kappa shape index (κ3) is 5.81. The van der Waals surface area contributed by atoms with Gasteiger partial charge >= 0.3 is 12.3 Å². The topological polar surface area (TPSA) is 47.6 Å². The molecule has 0 aromatic heterocycles. The van der Waals surface area contributed by atoms with E-state index in [0.29, 0.717) is 17.0 Å². The number of alkyl halides is 3. The van der Waals surface area contributed by atoms with Gasteiger partial charge < -0.3 is 9.47 Å². The molecule has 0 saturated carbocycles. The van der Waals surface area contributed by atoms with E-state index in [2.05, 4.69) is 10.1 Å². The number of amides is 1. The molecule has 112 valence electrons. The lowest BCUT2D eigenvalue weighted by Gasteiger charge is -2.13. The number of carbonyl (C=O) groups is 1. The minimum atomic E-state index is -4.54. The van der Waals surface area contributed by atoms with Crippen LogP contribution in [-0.4, -0.2) is 25.0 Å². The number of ether oxygens (including phenoxy) is 2. The molecule has 1 rings (SSSR count). The smallest absolute Gasteiger partial charge is 0.422 e. The van der Waals surface area contributed by atoms with Crippen molar-refractivity contribution < 1.29 is 27.4 Å². The zero-order valence-electron chi connectivity index (χ0n) is 11.4.